The van der Waals surface area contributed by atoms with Crippen molar-refractivity contribution in [1.82, 2.24) is 9.80 Å². The summed E-state index contributed by atoms with van der Waals surface area (Å²) in [4.78, 5) is 14.5. The molecule has 0 bridgehead atoms. The van der Waals surface area contributed by atoms with Gasteiger partial charge in [-0.25, -0.2) is 4.79 Å². The van der Waals surface area contributed by atoms with Crippen LogP contribution in [0.2, 0.25) is 0 Å². The first-order valence-corrected chi connectivity index (χ1v) is 3.82. The van der Waals surface area contributed by atoms with Crippen molar-refractivity contribution < 1.29 is 4.79 Å². The summed E-state index contributed by atoms with van der Waals surface area (Å²) in [6, 6.07) is -0.0113. The summed E-state index contributed by atoms with van der Waals surface area (Å²) in [5, 5.41) is 0. The van der Waals surface area contributed by atoms with Crippen molar-refractivity contribution >= 4 is 6.03 Å². The van der Waals surface area contributed by atoms with Crippen molar-refractivity contribution in [2.75, 3.05) is 27.2 Å². The zero-order valence-electron chi connectivity index (χ0n) is 7.08. The van der Waals surface area contributed by atoms with E-state index in [9.17, 15) is 4.79 Å². The number of carbonyl (C=O) groups excluding carboxylic acids is 1. The summed E-state index contributed by atoms with van der Waals surface area (Å²) in [7, 11) is 3.81. The highest BCUT2D eigenvalue weighted by molar-refractivity contribution is 5.72. The van der Waals surface area contributed by atoms with E-state index in [2.05, 4.69) is 11.9 Å². The second kappa shape index (κ2) is 3.09. The highest BCUT2D eigenvalue weighted by atomic mass is 16.2. The monoisotopic (exact) mass is 157 g/mol. The molecule has 1 fully saturated rings. The van der Waals surface area contributed by atoms with Crippen molar-refractivity contribution in [3.8, 4) is 0 Å². The van der Waals surface area contributed by atoms with Gasteiger partial charge < -0.3 is 15.5 Å². The SMILES string of the molecule is CN1CC[C@H](N(C)C(N)=O)C1. The number of amides is 2. The van der Waals surface area contributed by atoms with Crippen LogP contribution in [0.1, 0.15) is 6.42 Å². The second-order valence-electron chi connectivity index (χ2n) is 3.15. The van der Waals surface area contributed by atoms with E-state index in [1.165, 1.54) is 0 Å². The Bertz CT molecular complexity index is 160. The molecule has 1 saturated heterocycles. The Labute approximate surface area is 66.9 Å². The van der Waals surface area contributed by atoms with Crippen molar-refractivity contribution in [3.63, 3.8) is 0 Å². The molecule has 1 heterocycles. The number of hydrogen-bond donors (Lipinski definition) is 1. The maximum atomic E-state index is 10.7. The molecule has 1 atom stereocenters. The molecule has 1 aliphatic heterocycles. The largest absolute Gasteiger partial charge is 0.351 e. The molecule has 11 heavy (non-hydrogen) atoms. The molecule has 4 nitrogen and oxygen atoms in total. The maximum absolute atomic E-state index is 10.7. The van der Waals surface area contributed by atoms with Crippen LogP contribution in [-0.4, -0.2) is 49.1 Å². The summed E-state index contributed by atoms with van der Waals surface area (Å²) in [5.74, 6) is 0. The van der Waals surface area contributed by atoms with Crippen LogP contribution in [0, 0.1) is 0 Å². The zero-order chi connectivity index (χ0) is 8.43. The summed E-state index contributed by atoms with van der Waals surface area (Å²) in [6.07, 6.45) is 1.04. The van der Waals surface area contributed by atoms with Gasteiger partial charge in [0, 0.05) is 19.6 Å². The van der Waals surface area contributed by atoms with Gasteiger partial charge in [-0.1, -0.05) is 0 Å². The average Bonchev–Trinajstić information content (AvgIpc) is 2.34. The van der Waals surface area contributed by atoms with Gasteiger partial charge in [-0.2, -0.15) is 0 Å². The molecule has 0 aromatic rings. The fourth-order valence-electron chi connectivity index (χ4n) is 1.41. The van der Waals surface area contributed by atoms with Gasteiger partial charge in [0.05, 0.1) is 0 Å². The molecule has 1 aliphatic rings. The third-order valence-electron chi connectivity index (χ3n) is 2.26. The summed E-state index contributed by atoms with van der Waals surface area (Å²) in [5.41, 5.74) is 5.13. The molecule has 2 amide bonds. The van der Waals surface area contributed by atoms with E-state index in [0.717, 1.165) is 19.5 Å². The zero-order valence-corrected chi connectivity index (χ0v) is 7.08. The molecule has 64 valence electrons. The van der Waals surface area contributed by atoms with Crippen molar-refractivity contribution in [1.29, 1.82) is 0 Å². The molecule has 0 radical (unpaired) electrons. The van der Waals surface area contributed by atoms with Gasteiger partial charge >= 0.3 is 6.03 Å². The first-order valence-electron chi connectivity index (χ1n) is 3.82. The minimum Gasteiger partial charge on any atom is -0.351 e. The van der Waals surface area contributed by atoms with Crippen LogP contribution in [0.15, 0.2) is 0 Å². The highest BCUT2D eigenvalue weighted by Gasteiger charge is 2.24. The Morgan fingerprint density at radius 2 is 2.36 bits per heavy atom. The predicted octanol–water partition coefficient (Wildman–Crippen LogP) is -0.299. The molecule has 2 N–H and O–H groups in total. The van der Waals surface area contributed by atoms with E-state index in [0.29, 0.717) is 6.04 Å². The van der Waals surface area contributed by atoms with Gasteiger partial charge in [-0.15, -0.1) is 0 Å². The highest BCUT2D eigenvalue weighted by Crippen LogP contribution is 2.11. The van der Waals surface area contributed by atoms with Crippen LogP contribution in [0.5, 0.6) is 0 Å². The molecule has 0 unspecified atom stereocenters. The minimum absolute atomic E-state index is 0.317. The van der Waals surface area contributed by atoms with E-state index in [1.807, 2.05) is 0 Å². The number of nitrogens with two attached hydrogens (primary N) is 1. The lowest BCUT2D eigenvalue weighted by Crippen LogP contribution is -2.41. The Balaban J connectivity index is 2.43. The fraction of sp³-hybridized carbons (Fsp3) is 0.857. The number of rotatable bonds is 1. The van der Waals surface area contributed by atoms with Crippen LogP contribution in [0.3, 0.4) is 0 Å². The van der Waals surface area contributed by atoms with E-state index in [-0.39, 0.29) is 6.03 Å². The first-order chi connectivity index (χ1) is 5.11. The van der Waals surface area contributed by atoms with E-state index < -0.39 is 0 Å². The fourth-order valence-corrected chi connectivity index (χ4v) is 1.41. The molecule has 0 spiro atoms. The number of nitrogens with zero attached hydrogens (tertiary/aromatic N) is 2. The topological polar surface area (TPSA) is 49.6 Å². The van der Waals surface area contributed by atoms with E-state index >= 15 is 0 Å². The van der Waals surface area contributed by atoms with Crippen molar-refractivity contribution in [3.05, 3.63) is 0 Å². The van der Waals surface area contributed by atoms with Gasteiger partial charge in [0.1, 0.15) is 0 Å². The van der Waals surface area contributed by atoms with E-state index in [4.69, 9.17) is 5.73 Å². The number of hydrogen-bond acceptors (Lipinski definition) is 2. The standard InChI is InChI=1S/C7H15N3O/c1-9-4-3-6(5-9)10(2)7(8)11/h6H,3-5H2,1-2H3,(H2,8,11)/t6-/m0/s1. The average molecular weight is 157 g/mol. The summed E-state index contributed by atoms with van der Waals surface area (Å²) < 4.78 is 0. The van der Waals surface area contributed by atoms with Gasteiger partial charge in [0.2, 0.25) is 0 Å². The minimum atomic E-state index is -0.328. The number of likely N-dealkylation sites (tertiary alicyclic amines) is 1. The van der Waals surface area contributed by atoms with Gasteiger partial charge in [0.25, 0.3) is 0 Å². The number of primary amides is 1. The normalized spacial score (nSPS) is 25.5. The molecule has 0 saturated carbocycles. The lowest BCUT2D eigenvalue weighted by atomic mass is 10.2. The Hall–Kier alpha value is -0.770. The Morgan fingerprint density at radius 3 is 2.73 bits per heavy atom. The molecular formula is C7H15N3O. The summed E-state index contributed by atoms with van der Waals surface area (Å²) in [6.45, 7) is 2.00. The Morgan fingerprint density at radius 1 is 1.73 bits per heavy atom. The molecule has 1 rings (SSSR count). The molecular weight excluding hydrogens is 142 g/mol. The van der Waals surface area contributed by atoms with E-state index in [1.54, 1.807) is 11.9 Å². The first kappa shape index (κ1) is 8.33. The van der Waals surface area contributed by atoms with Gasteiger partial charge in [0.15, 0.2) is 0 Å². The smallest absolute Gasteiger partial charge is 0.314 e. The molecule has 0 aromatic heterocycles. The molecule has 0 aliphatic carbocycles. The lowest BCUT2D eigenvalue weighted by Gasteiger charge is -2.21. The number of carbonyl (C=O) groups is 1. The summed E-state index contributed by atoms with van der Waals surface area (Å²) >= 11 is 0. The van der Waals surface area contributed by atoms with Gasteiger partial charge in [-0.3, -0.25) is 0 Å². The third-order valence-corrected chi connectivity index (χ3v) is 2.26. The molecule has 4 heteroatoms. The van der Waals surface area contributed by atoms with Crippen LogP contribution in [-0.2, 0) is 0 Å². The van der Waals surface area contributed by atoms with Crippen molar-refractivity contribution in [2.45, 2.75) is 12.5 Å². The van der Waals surface area contributed by atoms with Crippen LogP contribution in [0.4, 0.5) is 4.79 Å². The number of urea groups is 1. The number of likely N-dealkylation sites (N-methyl/N-ethyl adjacent to an activating group) is 2. The van der Waals surface area contributed by atoms with Crippen LogP contribution >= 0.6 is 0 Å². The quantitative estimate of drug-likeness (QED) is 0.568. The van der Waals surface area contributed by atoms with Crippen LogP contribution in [0.25, 0.3) is 0 Å². The lowest BCUT2D eigenvalue weighted by molar-refractivity contribution is 0.200. The van der Waals surface area contributed by atoms with Crippen molar-refractivity contribution in [2.24, 2.45) is 5.73 Å². The second-order valence-corrected chi connectivity index (χ2v) is 3.15. The Kier molecular flexibility index (Phi) is 2.34. The molecule has 0 aromatic carbocycles. The maximum Gasteiger partial charge on any atom is 0.314 e. The third kappa shape index (κ3) is 1.83. The van der Waals surface area contributed by atoms with Crippen LogP contribution < -0.4 is 5.73 Å². The predicted molar refractivity (Wildman–Crippen MR) is 43.2 cm³/mol. The van der Waals surface area contributed by atoms with Gasteiger partial charge in [-0.05, 0) is 20.0 Å².